The fourth-order valence-corrected chi connectivity index (χ4v) is 2.63. The largest absolute Gasteiger partial charge is 0.309 e. The summed E-state index contributed by atoms with van der Waals surface area (Å²) in [7, 11) is 0. The van der Waals surface area contributed by atoms with Crippen molar-refractivity contribution < 1.29 is 4.79 Å². The van der Waals surface area contributed by atoms with Crippen LogP contribution in [-0.2, 0) is 6.42 Å². The van der Waals surface area contributed by atoms with Crippen molar-refractivity contribution in [3.63, 3.8) is 0 Å². The van der Waals surface area contributed by atoms with Crippen LogP contribution < -0.4 is 10.3 Å². The minimum absolute atomic E-state index is 0.0543. The summed E-state index contributed by atoms with van der Waals surface area (Å²) in [6.07, 6.45) is 0.636. The molecule has 0 atom stereocenters. The van der Waals surface area contributed by atoms with Crippen LogP contribution in [0, 0.1) is 0 Å². The lowest BCUT2D eigenvalue weighted by molar-refractivity contribution is 0.101. The quantitative estimate of drug-likeness (QED) is 0.879. The van der Waals surface area contributed by atoms with Crippen LogP contribution in [0.2, 0.25) is 5.02 Å². The number of rotatable bonds is 4. The molecule has 0 aromatic heterocycles. The van der Waals surface area contributed by atoms with Gasteiger partial charge in [0.1, 0.15) is 12.5 Å². The van der Waals surface area contributed by atoms with Gasteiger partial charge in [-0.3, -0.25) is 10.2 Å². The number of carbonyl (C=O) groups is 1. The first kappa shape index (κ1) is 14.6. The number of amidine groups is 1. The van der Waals surface area contributed by atoms with Gasteiger partial charge in [0.15, 0.2) is 5.78 Å². The summed E-state index contributed by atoms with van der Waals surface area (Å²) in [5, 5.41) is 5.08. The molecule has 112 valence electrons. The minimum Gasteiger partial charge on any atom is -0.309 e. The van der Waals surface area contributed by atoms with Crippen molar-refractivity contribution in [2.24, 2.45) is 5.10 Å². The third-order valence-electron chi connectivity index (χ3n) is 3.62. The van der Waals surface area contributed by atoms with Crippen LogP contribution in [0.25, 0.3) is 0 Å². The maximum atomic E-state index is 11.5. The van der Waals surface area contributed by atoms with E-state index in [1.54, 1.807) is 6.92 Å². The highest BCUT2D eigenvalue weighted by molar-refractivity contribution is 6.31. The fraction of sp³-hybridized carbons (Fsp3) is 0.176. The number of hydrogen-bond acceptors (Lipinski definition) is 4. The molecule has 1 heterocycles. The fourth-order valence-electron chi connectivity index (χ4n) is 2.43. The minimum atomic E-state index is 0.0543. The molecule has 1 N–H and O–H groups in total. The third kappa shape index (κ3) is 2.97. The lowest BCUT2D eigenvalue weighted by Crippen LogP contribution is -2.30. The molecule has 0 bridgehead atoms. The van der Waals surface area contributed by atoms with E-state index >= 15 is 0 Å². The van der Waals surface area contributed by atoms with Crippen molar-refractivity contribution in [1.29, 1.82) is 0 Å². The lowest BCUT2D eigenvalue weighted by atomic mass is 10.1. The highest BCUT2D eigenvalue weighted by atomic mass is 35.5. The Morgan fingerprint density at radius 1 is 1.27 bits per heavy atom. The second-order valence-electron chi connectivity index (χ2n) is 5.15. The van der Waals surface area contributed by atoms with Gasteiger partial charge in [-0.2, -0.15) is 5.10 Å². The molecule has 4 nitrogen and oxygen atoms in total. The smallest absolute Gasteiger partial charge is 0.159 e. The van der Waals surface area contributed by atoms with E-state index in [9.17, 15) is 4.79 Å². The van der Waals surface area contributed by atoms with Crippen LogP contribution in [0.3, 0.4) is 0 Å². The van der Waals surface area contributed by atoms with E-state index in [1.165, 1.54) is 0 Å². The molecule has 2 aromatic rings. The normalized spacial score (nSPS) is 13.7. The van der Waals surface area contributed by atoms with Gasteiger partial charge in [0.05, 0.1) is 0 Å². The molecule has 2 aromatic carbocycles. The van der Waals surface area contributed by atoms with E-state index in [0.29, 0.717) is 18.7 Å². The predicted molar refractivity (Wildman–Crippen MR) is 89.5 cm³/mol. The molecule has 5 heteroatoms. The summed E-state index contributed by atoms with van der Waals surface area (Å²) >= 11 is 6.22. The molecular weight excluding hydrogens is 298 g/mol. The zero-order valence-electron chi connectivity index (χ0n) is 12.2. The zero-order chi connectivity index (χ0) is 15.5. The Morgan fingerprint density at radius 2 is 2.09 bits per heavy atom. The number of carbonyl (C=O) groups excluding carboxylic acids is 1. The van der Waals surface area contributed by atoms with Gasteiger partial charge >= 0.3 is 0 Å². The van der Waals surface area contributed by atoms with Crippen molar-refractivity contribution in [2.45, 2.75) is 13.3 Å². The topological polar surface area (TPSA) is 44.7 Å². The van der Waals surface area contributed by atoms with E-state index < -0.39 is 0 Å². The van der Waals surface area contributed by atoms with Crippen molar-refractivity contribution in [3.8, 4) is 0 Å². The molecule has 3 rings (SSSR count). The van der Waals surface area contributed by atoms with Crippen molar-refractivity contribution in [1.82, 2.24) is 5.43 Å². The highest BCUT2D eigenvalue weighted by Crippen LogP contribution is 2.22. The summed E-state index contributed by atoms with van der Waals surface area (Å²) in [5.41, 5.74) is 5.67. The Kier molecular flexibility index (Phi) is 4.11. The standard InChI is InChI=1S/C17H16ClN3O/c1-12(22)13-6-4-7-15(9-13)21-11-19-20-17(21)10-14-5-2-3-8-16(14)18/h2-9,19H,10-11H2,1H3. The molecule has 22 heavy (non-hydrogen) atoms. The number of nitrogens with one attached hydrogen (secondary N) is 1. The second kappa shape index (κ2) is 6.20. The van der Waals surface area contributed by atoms with Gasteiger partial charge in [-0.25, -0.2) is 0 Å². The van der Waals surface area contributed by atoms with Gasteiger partial charge in [-0.05, 0) is 30.7 Å². The maximum Gasteiger partial charge on any atom is 0.159 e. The van der Waals surface area contributed by atoms with Gasteiger partial charge < -0.3 is 4.90 Å². The van der Waals surface area contributed by atoms with Gasteiger partial charge in [0.25, 0.3) is 0 Å². The summed E-state index contributed by atoms with van der Waals surface area (Å²) in [6.45, 7) is 2.15. The van der Waals surface area contributed by atoms with E-state index in [0.717, 1.165) is 22.1 Å². The molecule has 0 saturated heterocycles. The molecule has 1 aliphatic heterocycles. The molecule has 0 saturated carbocycles. The van der Waals surface area contributed by atoms with E-state index in [2.05, 4.69) is 15.4 Å². The van der Waals surface area contributed by atoms with Gasteiger partial charge in [-0.1, -0.05) is 41.9 Å². The molecule has 0 fully saturated rings. The number of hydrogen-bond donors (Lipinski definition) is 1. The monoisotopic (exact) mass is 313 g/mol. The van der Waals surface area contributed by atoms with E-state index in [4.69, 9.17) is 11.6 Å². The number of benzene rings is 2. The van der Waals surface area contributed by atoms with Crippen molar-refractivity contribution in [3.05, 3.63) is 64.7 Å². The van der Waals surface area contributed by atoms with Crippen LogP contribution in [-0.4, -0.2) is 18.3 Å². The predicted octanol–water partition coefficient (Wildman–Crippen LogP) is 3.47. The Balaban J connectivity index is 1.86. The van der Waals surface area contributed by atoms with Crippen LogP contribution in [0.1, 0.15) is 22.8 Å². The van der Waals surface area contributed by atoms with Crippen LogP contribution in [0.5, 0.6) is 0 Å². The highest BCUT2D eigenvalue weighted by Gasteiger charge is 2.20. The van der Waals surface area contributed by atoms with Crippen LogP contribution >= 0.6 is 11.6 Å². The molecule has 0 unspecified atom stereocenters. The summed E-state index contributed by atoms with van der Waals surface area (Å²) < 4.78 is 0. The summed E-state index contributed by atoms with van der Waals surface area (Å²) in [6, 6.07) is 15.3. The number of nitrogens with zero attached hydrogens (tertiary/aromatic N) is 2. The summed E-state index contributed by atoms with van der Waals surface area (Å²) in [5.74, 6) is 0.937. The average molecular weight is 314 g/mol. The van der Waals surface area contributed by atoms with Crippen molar-refractivity contribution in [2.75, 3.05) is 11.6 Å². The third-order valence-corrected chi connectivity index (χ3v) is 3.99. The van der Waals surface area contributed by atoms with E-state index in [1.807, 2.05) is 48.5 Å². The van der Waals surface area contributed by atoms with Gasteiger partial charge in [-0.15, -0.1) is 0 Å². The SMILES string of the molecule is CC(=O)c1cccc(N2CNN=C2Cc2ccccc2Cl)c1. The first-order valence-electron chi connectivity index (χ1n) is 7.06. The lowest BCUT2D eigenvalue weighted by Gasteiger charge is -2.20. The number of anilines is 1. The molecule has 1 aliphatic rings. The molecule has 0 radical (unpaired) electrons. The molecule has 0 amide bonds. The average Bonchev–Trinajstić information content (AvgIpc) is 2.98. The Morgan fingerprint density at radius 3 is 2.86 bits per heavy atom. The van der Waals surface area contributed by atoms with Crippen LogP contribution in [0.4, 0.5) is 5.69 Å². The Labute approximate surface area is 134 Å². The van der Waals surface area contributed by atoms with Gasteiger partial charge in [0, 0.05) is 22.7 Å². The Bertz CT molecular complexity index is 742. The number of halogens is 1. The molecule has 0 spiro atoms. The van der Waals surface area contributed by atoms with E-state index in [-0.39, 0.29) is 5.78 Å². The first-order chi connectivity index (χ1) is 10.6. The van der Waals surface area contributed by atoms with Crippen molar-refractivity contribution >= 4 is 28.9 Å². The first-order valence-corrected chi connectivity index (χ1v) is 7.44. The van der Waals surface area contributed by atoms with Gasteiger partial charge in [0.2, 0.25) is 0 Å². The number of Topliss-reactive ketones (excluding diaryl/α,β-unsaturated/α-hetero) is 1. The summed E-state index contributed by atoms with van der Waals surface area (Å²) in [4.78, 5) is 13.6. The Hall–Kier alpha value is -2.33. The number of ketones is 1. The zero-order valence-corrected chi connectivity index (χ0v) is 13.0. The number of hydrazone groups is 1. The molecular formula is C17H16ClN3O. The maximum absolute atomic E-state index is 11.5. The molecule has 0 aliphatic carbocycles. The second-order valence-corrected chi connectivity index (χ2v) is 5.55. The van der Waals surface area contributed by atoms with Crippen LogP contribution in [0.15, 0.2) is 53.6 Å².